The lowest BCUT2D eigenvalue weighted by Crippen LogP contribution is -2.59. The fourth-order valence-corrected chi connectivity index (χ4v) is 6.85. The maximum absolute atomic E-state index is 10.9. The second-order valence-corrected chi connectivity index (χ2v) is 11.5. The minimum absolute atomic E-state index is 0.00180. The van der Waals surface area contributed by atoms with Crippen LogP contribution in [0.1, 0.15) is 59.8 Å². The summed E-state index contributed by atoms with van der Waals surface area (Å²) in [6.45, 7) is 12.3. The van der Waals surface area contributed by atoms with Crippen molar-refractivity contribution in [3.8, 4) is 0 Å². The Labute approximate surface area is 202 Å². The second kappa shape index (κ2) is 10.6. The normalized spacial score (nSPS) is 45.2. The molecule has 0 amide bonds. The Kier molecular flexibility index (Phi) is 8.69. The minimum atomic E-state index is -1.46. The first-order chi connectivity index (χ1) is 15.8. The first kappa shape index (κ1) is 27.7. The van der Waals surface area contributed by atoms with Crippen molar-refractivity contribution in [2.45, 2.75) is 103 Å². The molecule has 1 saturated heterocycles. The fraction of sp³-hybridized carbons (Fsp3) is 0.846. The molecule has 10 atom stereocenters. The largest absolute Gasteiger partial charge is 0.394 e. The van der Waals surface area contributed by atoms with E-state index in [1.165, 1.54) is 0 Å². The Morgan fingerprint density at radius 2 is 1.79 bits per heavy atom. The van der Waals surface area contributed by atoms with Gasteiger partial charge in [0.15, 0.2) is 6.29 Å². The Balaban J connectivity index is 1.60. The van der Waals surface area contributed by atoms with Gasteiger partial charge in [-0.2, -0.15) is 0 Å². The van der Waals surface area contributed by atoms with E-state index < -0.39 is 49.5 Å². The van der Waals surface area contributed by atoms with Crippen molar-refractivity contribution < 1.29 is 40.1 Å². The summed E-state index contributed by atoms with van der Waals surface area (Å²) in [4.78, 5) is 0. The van der Waals surface area contributed by atoms with Crippen LogP contribution in [0.15, 0.2) is 23.8 Å². The van der Waals surface area contributed by atoms with Crippen LogP contribution in [0, 0.1) is 22.7 Å². The van der Waals surface area contributed by atoms with E-state index in [9.17, 15) is 30.6 Å². The van der Waals surface area contributed by atoms with Gasteiger partial charge in [-0.15, -0.1) is 0 Å². The number of hydrogen-bond donors (Lipinski definition) is 6. The zero-order valence-corrected chi connectivity index (χ0v) is 20.9. The van der Waals surface area contributed by atoms with Crippen LogP contribution in [0.5, 0.6) is 0 Å². The predicted molar refractivity (Wildman–Crippen MR) is 127 cm³/mol. The van der Waals surface area contributed by atoms with Crippen molar-refractivity contribution >= 4 is 0 Å². The second-order valence-electron chi connectivity index (χ2n) is 11.5. The van der Waals surface area contributed by atoms with E-state index in [1.807, 2.05) is 13.0 Å². The highest BCUT2D eigenvalue weighted by molar-refractivity contribution is 5.20. The molecule has 1 heterocycles. The molecule has 1 aliphatic heterocycles. The summed E-state index contributed by atoms with van der Waals surface area (Å²) in [5.74, 6) is 0.237. The van der Waals surface area contributed by atoms with E-state index in [0.717, 1.165) is 36.8 Å². The Hall–Kier alpha value is -0.840. The number of ether oxygens (including phenoxy) is 2. The minimum Gasteiger partial charge on any atom is -0.394 e. The smallest absolute Gasteiger partial charge is 0.187 e. The molecule has 3 rings (SSSR count). The van der Waals surface area contributed by atoms with Gasteiger partial charge in [0.2, 0.25) is 0 Å². The van der Waals surface area contributed by atoms with E-state index in [0.29, 0.717) is 6.42 Å². The first-order valence-electron chi connectivity index (χ1n) is 12.5. The standard InChI is InChI=1S/C26H44O8/c1-14(9-11-33-24-22(32)21(31)20(30)18(13-27)34-24)6-7-16-15(2)12-17(28)23-25(3,4)19(29)8-10-26(16,23)5/h9,16-24,27-32H,2,6-8,10-13H2,1,3-5H3. The van der Waals surface area contributed by atoms with Crippen LogP contribution in [-0.2, 0) is 9.47 Å². The highest BCUT2D eigenvalue weighted by Crippen LogP contribution is 2.61. The summed E-state index contributed by atoms with van der Waals surface area (Å²) in [7, 11) is 0. The maximum atomic E-state index is 10.9. The van der Waals surface area contributed by atoms with Crippen LogP contribution in [0.25, 0.3) is 0 Å². The molecule has 34 heavy (non-hydrogen) atoms. The lowest BCUT2D eigenvalue weighted by Gasteiger charge is -2.61. The zero-order valence-electron chi connectivity index (χ0n) is 20.9. The topological polar surface area (TPSA) is 140 Å². The number of aliphatic hydroxyl groups is 6. The van der Waals surface area contributed by atoms with E-state index >= 15 is 0 Å². The van der Waals surface area contributed by atoms with Gasteiger partial charge in [-0.25, -0.2) is 0 Å². The quantitative estimate of drug-likeness (QED) is 0.297. The Morgan fingerprint density at radius 1 is 1.12 bits per heavy atom. The molecule has 8 nitrogen and oxygen atoms in total. The monoisotopic (exact) mass is 484 g/mol. The van der Waals surface area contributed by atoms with E-state index in [2.05, 4.69) is 27.4 Å². The maximum Gasteiger partial charge on any atom is 0.187 e. The van der Waals surface area contributed by atoms with Gasteiger partial charge >= 0.3 is 0 Å². The lowest BCUT2D eigenvalue weighted by molar-refractivity contribution is -0.298. The molecule has 0 aromatic rings. The number of fused-ring (bicyclic) bond motifs is 1. The summed E-state index contributed by atoms with van der Waals surface area (Å²) >= 11 is 0. The van der Waals surface area contributed by atoms with Crippen molar-refractivity contribution in [2.75, 3.05) is 13.2 Å². The van der Waals surface area contributed by atoms with Gasteiger partial charge in [0.1, 0.15) is 24.4 Å². The summed E-state index contributed by atoms with van der Waals surface area (Å²) < 4.78 is 11.0. The van der Waals surface area contributed by atoms with Crippen molar-refractivity contribution in [1.29, 1.82) is 0 Å². The molecule has 3 fully saturated rings. The first-order valence-corrected chi connectivity index (χ1v) is 12.5. The van der Waals surface area contributed by atoms with Gasteiger partial charge in [-0.05, 0) is 61.7 Å². The molecule has 2 aliphatic carbocycles. The van der Waals surface area contributed by atoms with Crippen LogP contribution in [0.3, 0.4) is 0 Å². The average molecular weight is 485 g/mol. The van der Waals surface area contributed by atoms with Crippen molar-refractivity contribution in [2.24, 2.45) is 22.7 Å². The summed E-state index contributed by atoms with van der Waals surface area (Å²) in [5.41, 5.74) is 1.67. The van der Waals surface area contributed by atoms with Gasteiger partial charge in [-0.1, -0.05) is 44.6 Å². The summed E-state index contributed by atoms with van der Waals surface area (Å²) in [5, 5.41) is 60.7. The van der Waals surface area contributed by atoms with Crippen LogP contribution in [0.4, 0.5) is 0 Å². The molecular weight excluding hydrogens is 440 g/mol. The third kappa shape index (κ3) is 5.15. The molecule has 196 valence electrons. The van der Waals surface area contributed by atoms with Crippen molar-refractivity contribution in [1.82, 2.24) is 0 Å². The molecule has 3 aliphatic rings. The molecule has 10 unspecified atom stereocenters. The highest BCUT2D eigenvalue weighted by Gasteiger charge is 2.59. The molecule has 0 bridgehead atoms. The number of allylic oxidation sites excluding steroid dienone is 1. The van der Waals surface area contributed by atoms with Gasteiger partial charge < -0.3 is 40.1 Å². The molecule has 6 N–H and O–H groups in total. The van der Waals surface area contributed by atoms with Gasteiger partial charge in [0.05, 0.1) is 25.4 Å². The van der Waals surface area contributed by atoms with Gasteiger partial charge in [-0.3, -0.25) is 0 Å². The molecule has 2 saturated carbocycles. The van der Waals surface area contributed by atoms with Crippen LogP contribution >= 0.6 is 0 Å². The van der Waals surface area contributed by atoms with E-state index in [1.54, 1.807) is 0 Å². The third-order valence-electron chi connectivity index (χ3n) is 8.84. The average Bonchev–Trinajstić information content (AvgIpc) is 2.76. The zero-order chi connectivity index (χ0) is 25.4. The number of hydrogen-bond acceptors (Lipinski definition) is 8. The summed E-state index contributed by atoms with van der Waals surface area (Å²) in [6, 6.07) is 0. The van der Waals surface area contributed by atoms with Crippen molar-refractivity contribution in [3.63, 3.8) is 0 Å². The molecular formula is C26H44O8. The third-order valence-corrected chi connectivity index (χ3v) is 8.84. The molecule has 0 radical (unpaired) electrons. The molecule has 0 spiro atoms. The number of aliphatic hydroxyl groups excluding tert-OH is 6. The van der Waals surface area contributed by atoms with E-state index in [-0.39, 0.29) is 29.3 Å². The van der Waals surface area contributed by atoms with Crippen molar-refractivity contribution in [3.05, 3.63) is 23.8 Å². The van der Waals surface area contributed by atoms with Gasteiger partial charge in [0.25, 0.3) is 0 Å². The van der Waals surface area contributed by atoms with Crippen LogP contribution < -0.4 is 0 Å². The molecule has 0 aromatic carbocycles. The molecule has 0 aromatic heterocycles. The van der Waals surface area contributed by atoms with Crippen LogP contribution in [0.2, 0.25) is 0 Å². The Bertz CT molecular complexity index is 749. The SMILES string of the molecule is C=C1CC(O)C2C(C)(C)C(O)CCC2(C)C1CCC(C)=CCOC1OC(CO)C(O)C(O)C1O. The predicted octanol–water partition coefficient (Wildman–Crippen LogP) is 1.27. The Morgan fingerprint density at radius 3 is 2.44 bits per heavy atom. The highest BCUT2D eigenvalue weighted by atomic mass is 16.7. The van der Waals surface area contributed by atoms with Crippen LogP contribution in [-0.4, -0.2) is 86.8 Å². The number of rotatable bonds is 7. The fourth-order valence-electron chi connectivity index (χ4n) is 6.85. The van der Waals surface area contributed by atoms with Gasteiger partial charge in [0, 0.05) is 0 Å². The summed E-state index contributed by atoms with van der Waals surface area (Å²) in [6.07, 6.45) is -1.61. The van der Waals surface area contributed by atoms with E-state index in [4.69, 9.17) is 9.47 Å². The lowest BCUT2D eigenvalue weighted by atomic mass is 9.45. The molecule has 8 heteroatoms.